The quantitative estimate of drug-likeness (QED) is 0.120. The highest BCUT2D eigenvalue weighted by Crippen LogP contribution is 2.39. The van der Waals surface area contributed by atoms with Crippen molar-refractivity contribution in [2.75, 3.05) is 0 Å². The van der Waals surface area contributed by atoms with Crippen LogP contribution < -0.4 is 4.74 Å². The highest BCUT2D eigenvalue weighted by atomic mass is 16.5. The van der Waals surface area contributed by atoms with Gasteiger partial charge in [-0.05, 0) is 106 Å². The van der Waals surface area contributed by atoms with Crippen LogP contribution >= 0.6 is 0 Å². The molecule has 1 N–H and O–H groups in total. The molecule has 40 heavy (non-hydrogen) atoms. The lowest BCUT2D eigenvalue weighted by atomic mass is 9.72. The number of ketones is 2. The van der Waals surface area contributed by atoms with E-state index in [1.54, 1.807) is 24.3 Å². The molecule has 5 nitrogen and oxygen atoms in total. The fourth-order valence-electron chi connectivity index (χ4n) is 6.59. The molecule has 0 radical (unpaired) electrons. The van der Waals surface area contributed by atoms with E-state index in [0.29, 0.717) is 36.0 Å². The number of phenolic OH excluding ortho intramolecular Hbond substituents is 1. The number of carbonyl (C=O) groups is 3. The van der Waals surface area contributed by atoms with Crippen molar-refractivity contribution in [2.45, 2.75) is 97.3 Å². The summed E-state index contributed by atoms with van der Waals surface area (Å²) in [5, 5.41) is 9.71. The molecule has 1 heterocycles. The molecule has 0 bridgehead atoms. The first kappa shape index (κ1) is 29.8. The van der Waals surface area contributed by atoms with Gasteiger partial charge in [-0.1, -0.05) is 51.0 Å². The Kier molecular flexibility index (Phi) is 10.4. The first-order valence-electron chi connectivity index (χ1n) is 15.2. The first-order valence-corrected chi connectivity index (χ1v) is 15.2. The molecule has 5 heteroatoms. The standard InChI is InChI=1S/C35H44O5/c1-4-8-25(9-6-12-33(38)29-18-20-31-23(3)35(39)40-34(31)22-29)27-13-15-28(16-14-27)32(37)11-7-10-26-17-19-30(36)21-24(26)5-2/h7,11,17-23,25,27-28,36H,4-6,8-10,12-16H2,1-3H3/b11-7-. The zero-order chi connectivity index (χ0) is 28.6. The van der Waals surface area contributed by atoms with Crippen molar-refractivity contribution in [1.29, 1.82) is 0 Å². The summed E-state index contributed by atoms with van der Waals surface area (Å²) in [4.78, 5) is 37.6. The second-order valence-corrected chi connectivity index (χ2v) is 11.7. The topological polar surface area (TPSA) is 80.7 Å². The summed E-state index contributed by atoms with van der Waals surface area (Å²) in [6.07, 6.45) is 14.0. The largest absolute Gasteiger partial charge is 0.508 e. The van der Waals surface area contributed by atoms with Crippen LogP contribution in [0.5, 0.6) is 11.5 Å². The number of allylic oxidation sites excluding steroid dienone is 2. The molecule has 1 aliphatic carbocycles. The number of phenols is 1. The highest BCUT2D eigenvalue weighted by molar-refractivity contribution is 5.97. The van der Waals surface area contributed by atoms with Gasteiger partial charge in [0, 0.05) is 23.5 Å². The van der Waals surface area contributed by atoms with Crippen LogP contribution in [0, 0.1) is 17.8 Å². The molecule has 0 saturated heterocycles. The van der Waals surface area contributed by atoms with Crippen LogP contribution in [0.1, 0.15) is 112 Å². The van der Waals surface area contributed by atoms with E-state index in [2.05, 4.69) is 13.8 Å². The lowest BCUT2D eigenvalue weighted by Crippen LogP contribution is -2.25. The van der Waals surface area contributed by atoms with Gasteiger partial charge >= 0.3 is 5.97 Å². The minimum atomic E-state index is -0.269. The average molecular weight is 545 g/mol. The van der Waals surface area contributed by atoms with Crippen LogP contribution in [0.3, 0.4) is 0 Å². The lowest BCUT2D eigenvalue weighted by Gasteiger charge is -2.33. The van der Waals surface area contributed by atoms with Crippen LogP contribution in [-0.2, 0) is 22.4 Å². The van der Waals surface area contributed by atoms with Crippen molar-refractivity contribution in [3.05, 3.63) is 70.8 Å². The Balaban J connectivity index is 1.23. The molecule has 214 valence electrons. The molecule has 2 aromatic carbocycles. The van der Waals surface area contributed by atoms with Crippen molar-refractivity contribution in [1.82, 2.24) is 0 Å². The van der Waals surface area contributed by atoms with Gasteiger partial charge in [-0.25, -0.2) is 0 Å². The third kappa shape index (κ3) is 7.30. The number of benzene rings is 2. The van der Waals surface area contributed by atoms with Crippen molar-refractivity contribution >= 4 is 17.5 Å². The number of ether oxygens (including phenoxy) is 1. The molecule has 1 fully saturated rings. The molecular formula is C35H44O5. The fourth-order valence-corrected chi connectivity index (χ4v) is 6.59. The lowest BCUT2D eigenvalue weighted by molar-refractivity contribution is -0.133. The maximum absolute atomic E-state index is 12.9. The molecule has 2 atom stereocenters. The summed E-state index contributed by atoms with van der Waals surface area (Å²) in [7, 11) is 0. The highest BCUT2D eigenvalue weighted by Gasteiger charge is 2.31. The Hall–Kier alpha value is -3.21. The predicted octanol–water partition coefficient (Wildman–Crippen LogP) is 7.92. The molecule has 1 aliphatic heterocycles. The molecule has 2 aromatic rings. The summed E-state index contributed by atoms with van der Waals surface area (Å²) < 4.78 is 5.32. The maximum atomic E-state index is 12.9. The van der Waals surface area contributed by atoms with Crippen molar-refractivity contribution in [3.63, 3.8) is 0 Å². The van der Waals surface area contributed by atoms with Crippen molar-refractivity contribution in [3.8, 4) is 11.5 Å². The van der Waals surface area contributed by atoms with Crippen molar-refractivity contribution in [2.24, 2.45) is 17.8 Å². The van der Waals surface area contributed by atoms with Gasteiger partial charge in [-0.15, -0.1) is 0 Å². The zero-order valence-corrected chi connectivity index (χ0v) is 24.3. The number of aromatic hydroxyl groups is 1. The first-order chi connectivity index (χ1) is 19.3. The molecule has 0 amide bonds. The number of rotatable bonds is 13. The number of Topliss-reactive ketones (excluding diaryl/α,β-unsaturated/α-hetero) is 1. The van der Waals surface area contributed by atoms with Gasteiger partial charge in [0.2, 0.25) is 0 Å². The second-order valence-electron chi connectivity index (χ2n) is 11.7. The van der Waals surface area contributed by atoms with E-state index in [0.717, 1.165) is 74.5 Å². The monoisotopic (exact) mass is 544 g/mol. The van der Waals surface area contributed by atoms with E-state index in [9.17, 15) is 19.5 Å². The Labute approximate surface area is 239 Å². The number of fused-ring (bicyclic) bond motifs is 1. The van der Waals surface area contributed by atoms with Gasteiger partial charge in [0.25, 0.3) is 0 Å². The number of hydrogen-bond donors (Lipinski definition) is 1. The van der Waals surface area contributed by atoms with Crippen LogP contribution in [0.4, 0.5) is 0 Å². The average Bonchev–Trinajstić information content (AvgIpc) is 3.25. The van der Waals surface area contributed by atoms with Gasteiger partial charge in [-0.3, -0.25) is 14.4 Å². The zero-order valence-electron chi connectivity index (χ0n) is 24.3. The van der Waals surface area contributed by atoms with Crippen LogP contribution in [0.25, 0.3) is 0 Å². The fraction of sp³-hybridized carbons (Fsp3) is 0.514. The van der Waals surface area contributed by atoms with E-state index in [4.69, 9.17) is 4.74 Å². The number of esters is 1. The van der Waals surface area contributed by atoms with Gasteiger partial charge in [-0.2, -0.15) is 0 Å². The molecular weight excluding hydrogens is 500 g/mol. The number of hydrogen-bond acceptors (Lipinski definition) is 5. The maximum Gasteiger partial charge on any atom is 0.318 e. The van der Waals surface area contributed by atoms with E-state index in [1.165, 1.54) is 0 Å². The Morgan fingerprint density at radius 2 is 1.80 bits per heavy atom. The van der Waals surface area contributed by atoms with Crippen LogP contribution in [0.2, 0.25) is 0 Å². The Bertz CT molecular complexity index is 1230. The Morgan fingerprint density at radius 3 is 2.52 bits per heavy atom. The van der Waals surface area contributed by atoms with E-state index in [1.807, 2.05) is 31.2 Å². The van der Waals surface area contributed by atoms with Gasteiger partial charge in [0.05, 0.1) is 5.92 Å². The summed E-state index contributed by atoms with van der Waals surface area (Å²) in [5.74, 6) is 1.95. The Morgan fingerprint density at radius 1 is 1.02 bits per heavy atom. The van der Waals surface area contributed by atoms with Crippen LogP contribution in [-0.4, -0.2) is 22.6 Å². The predicted molar refractivity (Wildman–Crippen MR) is 158 cm³/mol. The van der Waals surface area contributed by atoms with Gasteiger partial charge in [0.15, 0.2) is 11.6 Å². The van der Waals surface area contributed by atoms with Crippen molar-refractivity contribution < 1.29 is 24.2 Å². The summed E-state index contributed by atoms with van der Waals surface area (Å²) in [5.41, 5.74) is 3.75. The summed E-state index contributed by atoms with van der Waals surface area (Å²) in [6.45, 7) is 6.12. The third-order valence-electron chi connectivity index (χ3n) is 9.04. The minimum absolute atomic E-state index is 0.105. The number of carbonyl (C=O) groups excluding carboxylic acids is 3. The SMILES string of the molecule is CCCC(CCCC(=O)c1ccc2c(c1)OC(=O)C2C)C1CCC(C(=O)/C=C\Cc2ccc(O)cc2CC)CC1. The molecule has 0 spiro atoms. The summed E-state index contributed by atoms with van der Waals surface area (Å²) >= 11 is 0. The summed E-state index contributed by atoms with van der Waals surface area (Å²) in [6, 6.07) is 10.9. The van der Waals surface area contributed by atoms with E-state index >= 15 is 0 Å². The number of aryl methyl sites for hydroxylation is 1. The minimum Gasteiger partial charge on any atom is -0.508 e. The van der Waals surface area contributed by atoms with E-state index in [-0.39, 0.29) is 35.1 Å². The van der Waals surface area contributed by atoms with Gasteiger partial charge < -0.3 is 9.84 Å². The normalized spacial score (nSPS) is 21.3. The van der Waals surface area contributed by atoms with Crippen LogP contribution in [0.15, 0.2) is 48.6 Å². The van der Waals surface area contributed by atoms with E-state index < -0.39 is 0 Å². The molecule has 2 unspecified atom stereocenters. The molecule has 0 aromatic heterocycles. The molecule has 2 aliphatic rings. The third-order valence-corrected chi connectivity index (χ3v) is 9.04. The smallest absolute Gasteiger partial charge is 0.318 e. The molecule has 1 saturated carbocycles. The molecule has 4 rings (SSSR count). The van der Waals surface area contributed by atoms with Gasteiger partial charge in [0.1, 0.15) is 11.5 Å². The second kappa shape index (κ2) is 13.9.